The molecule has 148 valence electrons. The van der Waals surface area contributed by atoms with Gasteiger partial charge in [0.1, 0.15) is 0 Å². The van der Waals surface area contributed by atoms with Gasteiger partial charge in [0.2, 0.25) is 0 Å². The lowest BCUT2D eigenvalue weighted by molar-refractivity contribution is 0.0196. The molecule has 0 bridgehead atoms. The summed E-state index contributed by atoms with van der Waals surface area (Å²) in [7, 11) is 0. The number of aliphatic hydroxyl groups is 3. The number of pyridine rings is 1. The third kappa shape index (κ3) is 3.45. The highest BCUT2D eigenvalue weighted by Gasteiger charge is 2.40. The number of aromatic amines is 2. The predicted octanol–water partition coefficient (Wildman–Crippen LogP) is -3.15. The minimum atomic E-state index is -1.04. The maximum absolute atomic E-state index is 11.7. The van der Waals surface area contributed by atoms with Gasteiger partial charge in [-0.2, -0.15) is 0 Å². The molecule has 0 radical (unpaired) electrons. The molecular weight excluding hydrogens is 370 g/mol. The Labute approximate surface area is 156 Å². The Morgan fingerprint density at radius 1 is 1.14 bits per heavy atom. The van der Waals surface area contributed by atoms with E-state index in [-0.39, 0.29) is 12.1 Å². The fraction of sp³-hybridized carbons (Fsp3) is 0.438. The van der Waals surface area contributed by atoms with Crippen LogP contribution in [0.15, 0.2) is 28.0 Å². The van der Waals surface area contributed by atoms with E-state index in [0.717, 1.165) is 0 Å². The van der Waals surface area contributed by atoms with Gasteiger partial charge in [0, 0.05) is 24.9 Å². The molecule has 1 aliphatic heterocycles. The smallest absolute Gasteiger partial charge is 0.326 e. The molecule has 1 saturated heterocycles. The topological polar surface area (TPSA) is 182 Å². The van der Waals surface area contributed by atoms with E-state index in [9.17, 15) is 24.9 Å². The minimum absolute atomic E-state index is 0.140. The molecule has 3 aromatic rings. The van der Waals surface area contributed by atoms with Crippen LogP contribution in [0.1, 0.15) is 11.3 Å². The van der Waals surface area contributed by atoms with Crippen LogP contribution in [0.2, 0.25) is 0 Å². The number of hydrogen-bond acceptors (Lipinski definition) is 9. The molecule has 1 fully saturated rings. The van der Waals surface area contributed by atoms with Crippen molar-refractivity contribution in [1.82, 2.24) is 35.3 Å². The van der Waals surface area contributed by atoms with Crippen LogP contribution in [0.3, 0.4) is 0 Å². The first-order chi connectivity index (χ1) is 13.4. The average molecular weight is 389 g/mol. The number of hydrogen-bond donors (Lipinski definition) is 6. The third-order valence-corrected chi connectivity index (χ3v) is 4.79. The summed E-state index contributed by atoms with van der Waals surface area (Å²) >= 11 is 0. The molecule has 4 heterocycles. The first kappa shape index (κ1) is 18.4. The van der Waals surface area contributed by atoms with E-state index in [4.69, 9.17) is 0 Å². The molecule has 6 N–H and O–H groups in total. The summed E-state index contributed by atoms with van der Waals surface area (Å²) in [5, 5.41) is 40.2. The highest BCUT2D eigenvalue weighted by atomic mass is 16.3. The Morgan fingerprint density at radius 3 is 2.68 bits per heavy atom. The quantitative estimate of drug-likeness (QED) is 0.262. The lowest BCUT2D eigenvalue weighted by Crippen LogP contribution is -2.37. The molecule has 28 heavy (non-hydrogen) atoms. The van der Waals surface area contributed by atoms with Crippen LogP contribution in [-0.2, 0) is 13.0 Å². The lowest BCUT2D eigenvalue weighted by Gasteiger charge is -2.13. The van der Waals surface area contributed by atoms with Gasteiger partial charge in [0.15, 0.2) is 5.52 Å². The average Bonchev–Trinajstić information content (AvgIpc) is 3.20. The van der Waals surface area contributed by atoms with Crippen LogP contribution in [0, 0.1) is 0 Å². The van der Waals surface area contributed by atoms with Gasteiger partial charge in [-0.3, -0.25) is 9.78 Å². The Balaban J connectivity index is 1.49. The van der Waals surface area contributed by atoms with Crippen molar-refractivity contribution in [2.24, 2.45) is 0 Å². The summed E-state index contributed by atoms with van der Waals surface area (Å²) in [6.45, 7) is 0.0363. The molecule has 0 saturated carbocycles. The highest BCUT2D eigenvalue weighted by Crippen LogP contribution is 2.17. The number of aromatic nitrogens is 6. The molecular formula is C16H19N7O5. The molecule has 0 spiro atoms. The Morgan fingerprint density at radius 2 is 1.93 bits per heavy atom. The summed E-state index contributed by atoms with van der Waals surface area (Å²) in [4.78, 5) is 31.8. The van der Waals surface area contributed by atoms with Gasteiger partial charge in [-0.25, -0.2) is 14.5 Å². The monoisotopic (exact) mass is 389 g/mol. The molecule has 3 aromatic heterocycles. The van der Waals surface area contributed by atoms with E-state index >= 15 is 0 Å². The first-order valence-corrected chi connectivity index (χ1v) is 8.68. The van der Waals surface area contributed by atoms with Crippen molar-refractivity contribution in [1.29, 1.82) is 0 Å². The second kappa shape index (κ2) is 7.24. The fourth-order valence-electron chi connectivity index (χ4n) is 3.40. The maximum atomic E-state index is 11.7. The Bertz CT molecular complexity index is 1110. The van der Waals surface area contributed by atoms with E-state index in [1.54, 1.807) is 16.9 Å². The first-order valence-electron chi connectivity index (χ1n) is 8.68. The number of nitrogens with one attached hydrogen (secondary N) is 3. The number of aliphatic hydroxyl groups excluding tert-OH is 3. The van der Waals surface area contributed by atoms with Gasteiger partial charge in [-0.05, 0) is 11.6 Å². The lowest BCUT2D eigenvalue weighted by atomic mass is 10.0. The van der Waals surface area contributed by atoms with Crippen molar-refractivity contribution < 1.29 is 15.3 Å². The molecule has 12 heteroatoms. The number of fused-ring (bicyclic) bond motifs is 1. The third-order valence-electron chi connectivity index (χ3n) is 4.79. The second-order valence-corrected chi connectivity index (χ2v) is 6.80. The van der Waals surface area contributed by atoms with Crippen molar-refractivity contribution in [3.8, 4) is 0 Å². The molecule has 4 atom stereocenters. The van der Waals surface area contributed by atoms with E-state index in [1.807, 2.05) is 0 Å². The molecule has 0 unspecified atom stereocenters. The molecule has 1 aliphatic rings. The van der Waals surface area contributed by atoms with Crippen LogP contribution in [0.25, 0.3) is 11.0 Å². The van der Waals surface area contributed by atoms with E-state index < -0.39 is 35.5 Å². The van der Waals surface area contributed by atoms with E-state index in [0.29, 0.717) is 29.7 Å². The van der Waals surface area contributed by atoms with Gasteiger partial charge in [0.25, 0.3) is 5.56 Å². The van der Waals surface area contributed by atoms with Crippen LogP contribution < -0.4 is 16.6 Å². The van der Waals surface area contributed by atoms with Crippen molar-refractivity contribution >= 4 is 11.0 Å². The maximum Gasteiger partial charge on any atom is 0.326 e. The number of nitrogens with zero attached hydrogens (tertiary/aromatic N) is 4. The zero-order chi connectivity index (χ0) is 19.8. The second-order valence-electron chi connectivity index (χ2n) is 6.80. The van der Waals surface area contributed by atoms with Crippen LogP contribution >= 0.6 is 0 Å². The summed E-state index contributed by atoms with van der Waals surface area (Å²) < 4.78 is 1.56. The van der Waals surface area contributed by atoms with E-state index in [1.165, 1.54) is 6.20 Å². The van der Waals surface area contributed by atoms with Gasteiger partial charge in [0.05, 0.1) is 42.6 Å². The highest BCUT2D eigenvalue weighted by molar-refractivity contribution is 5.72. The summed E-state index contributed by atoms with van der Waals surface area (Å²) in [6, 6.07) is 0.616. The zero-order valence-electron chi connectivity index (χ0n) is 14.6. The number of H-pyrrole nitrogens is 2. The fourth-order valence-corrected chi connectivity index (χ4v) is 3.40. The van der Waals surface area contributed by atoms with Gasteiger partial charge in [-0.1, -0.05) is 5.21 Å². The van der Waals surface area contributed by atoms with Crippen molar-refractivity contribution in [3.05, 3.63) is 50.6 Å². The van der Waals surface area contributed by atoms with E-state index in [2.05, 4.69) is 30.6 Å². The van der Waals surface area contributed by atoms with Gasteiger partial charge >= 0.3 is 5.69 Å². The number of rotatable bonds is 5. The Kier molecular flexibility index (Phi) is 4.77. The normalized spacial score (nSPS) is 24.8. The SMILES string of the molecule is O=c1[nH]c(=O)c2ncc(Cn3cc(C[C@H]4N[C@@H](CO)[C@H](O)[C@H]4O)nn3)cc2[nH]1. The standard InChI is InChI=1S/C16H19N7O5/c24-6-11-14(26)13(25)10(18-11)2-8-5-23(22-21-8)4-7-1-9-12(17-3-7)15(27)20-16(28)19-9/h1,3,5,10-11,13-14,18,24-26H,2,4,6H2,(H2,19,20,27,28)/t10-,11+,13+,14+/m1/s1. The molecule has 0 amide bonds. The summed E-state index contributed by atoms with van der Waals surface area (Å²) in [5.41, 5.74) is 0.612. The Hall–Kier alpha value is -2.93. The van der Waals surface area contributed by atoms with Gasteiger partial charge < -0.3 is 25.6 Å². The summed E-state index contributed by atoms with van der Waals surface area (Å²) in [5.74, 6) is 0. The largest absolute Gasteiger partial charge is 0.395 e. The molecule has 0 aromatic carbocycles. The van der Waals surface area contributed by atoms with Crippen LogP contribution in [-0.4, -0.2) is 76.2 Å². The molecule has 4 rings (SSSR count). The predicted molar refractivity (Wildman–Crippen MR) is 95.6 cm³/mol. The molecule has 0 aliphatic carbocycles. The minimum Gasteiger partial charge on any atom is -0.395 e. The zero-order valence-corrected chi connectivity index (χ0v) is 14.6. The van der Waals surface area contributed by atoms with Crippen molar-refractivity contribution in [2.45, 2.75) is 37.3 Å². The molecule has 12 nitrogen and oxygen atoms in total. The van der Waals surface area contributed by atoms with Gasteiger partial charge in [-0.15, -0.1) is 5.10 Å². The van der Waals surface area contributed by atoms with Crippen molar-refractivity contribution in [2.75, 3.05) is 6.61 Å². The summed E-state index contributed by atoms with van der Waals surface area (Å²) in [6.07, 6.45) is 1.48. The van der Waals surface area contributed by atoms with Crippen molar-refractivity contribution in [3.63, 3.8) is 0 Å². The van der Waals surface area contributed by atoms with Crippen LogP contribution in [0.4, 0.5) is 0 Å². The van der Waals surface area contributed by atoms with Crippen LogP contribution in [0.5, 0.6) is 0 Å².